The van der Waals surface area contributed by atoms with E-state index in [9.17, 15) is 0 Å². The lowest BCUT2D eigenvalue weighted by Crippen LogP contribution is -2.30. The maximum absolute atomic E-state index is 5.48. The second-order valence-corrected chi connectivity index (χ2v) is 8.78. The van der Waals surface area contributed by atoms with Gasteiger partial charge in [-0.05, 0) is 12.5 Å². The molecule has 0 aliphatic carbocycles. The average Bonchev–Trinajstić information content (AvgIpc) is 1.88. The first-order valence-electron chi connectivity index (χ1n) is 3.24. The molecule has 0 saturated carbocycles. The Morgan fingerprint density at radius 1 is 1.40 bits per heavy atom. The van der Waals surface area contributed by atoms with E-state index in [0.717, 1.165) is 13.2 Å². The topological polar surface area (TPSA) is 18.5 Å². The number of hydrogen-bond donors (Lipinski definition) is 1. The van der Waals surface area contributed by atoms with Crippen LogP contribution in [0.4, 0.5) is 0 Å². The lowest BCUT2D eigenvalue weighted by atomic mass is 10.6. The van der Waals surface area contributed by atoms with Gasteiger partial charge in [0.25, 0.3) is 0 Å². The molecule has 0 aromatic rings. The van der Waals surface area contributed by atoms with Crippen molar-refractivity contribution in [2.24, 2.45) is 0 Å². The first-order valence-corrected chi connectivity index (χ1v) is 6.81. The zero-order valence-electron chi connectivity index (χ0n) is 6.37. The Morgan fingerprint density at radius 2 is 2.10 bits per heavy atom. The monoisotopic (exact) mass is 182 g/mol. The molecule has 0 N–H and O–H groups in total. The van der Waals surface area contributed by atoms with E-state index < -0.39 is 9.06 Å². The summed E-state index contributed by atoms with van der Waals surface area (Å²) in [6.07, 6.45) is 4.24. The van der Waals surface area contributed by atoms with Crippen molar-refractivity contribution in [3.05, 3.63) is 0 Å². The molecule has 1 unspecified atom stereocenters. The Bertz CT molecular complexity index is 105. The van der Waals surface area contributed by atoms with Gasteiger partial charge in [0.1, 0.15) is 5.44 Å². The number of hydrogen-bond acceptors (Lipinski definition) is 3. The van der Waals surface area contributed by atoms with Crippen LogP contribution in [0.15, 0.2) is 0 Å². The summed E-state index contributed by atoms with van der Waals surface area (Å²) in [5, 5.41) is 0. The summed E-state index contributed by atoms with van der Waals surface area (Å²) in [4.78, 5) is 0. The highest BCUT2D eigenvalue weighted by atomic mass is 33.1. The summed E-state index contributed by atoms with van der Waals surface area (Å²) < 4.78 is 10.7. The Morgan fingerprint density at radius 3 is 2.40 bits per heavy atom. The predicted molar refractivity (Wildman–Crippen MR) is 49.0 cm³/mol. The van der Waals surface area contributed by atoms with E-state index in [-0.39, 0.29) is 5.44 Å². The van der Waals surface area contributed by atoms with Gasteiger partial charge in [0.15, 0.2) is 0 Å². The molecule has 2 nitrogen and oxygen atoms in total. The van der Waals surface area contributed by atoms with E-state index in [1.807, 2.05) is 0 Å². The molecular weight excluding hydrogens is 168 g/mol. The molecule has 1 aliphatic rings. The fourth-order valence-corrected chi connectivity index (χ4v) is 2.02. The Labute approximate surface area is 68.4 Å². The molecule has 1 fully saturated rings. The van der Waals surface area contributed by atoms with E-state index >= 15 is 0 Å². The largest absolute Gasteiger partial charge is 0.375 e. The fraction of sp³-hybridized carbons (Fsp3) is 1.00. The Balaban J connectivity index is 2.39. The summed E-state index contributed by atoms with van der Waals surface area (Å²) in [7, 11) is -0.879. The van der Waals surface area contributed by atoms with Crippen molar-refractivity contribution < 1.29 is 9.47 Å². The maximum atomic E-state index is 5.48. The molecule has 0 aromatic carbocycles. The average molecular weight is 182 g/mol. The van der Waals surface area contributed by atoms with Crippen molar-refractivity contribution >= 4 is 20.7 Å². The van der Waals surface area contributed by atoms with Gasteiger partial charge in [-0.25, -0.2) is 0 Å². The normalized spacial score (nSPS) is 30.1. The zero-order valence-corrected chi connectivity index (χ0v) is 8.08. The second-order valence-electron chi connectivity index (χ2n) is 2.73. The predicted octanol–water partition coefficient (Wildman–Crippen LogP) is 1.27. The second kappa shape index (κ2) is 3.34. The molecule has 0 amide bonds. The van der Waals surface area contributed by atoms with E-state index in [2.05, 4.69) is 24.2 Å². The third-order valence-corrected chi connectivity index (χ3v) is 3.69. The smallest absolute Gasteiger partial charge is 0.119 e. The summed E-state index contributed by atoms with van der Waals surface area (Å²) in [6.45, 7) is 2.17. The molecular formula is C6H14O2S2. The van der Waals surface area contributed by atoms with Crippen LogP contribution in [-0.2, 0) is 9.47 Å². The van der Waals surface area contributed by atoms with E-state index in [1.165, 1.54) is 0 Å². The van der Waals surface area contributed by atoms with Gasteiger partial charge in [0.2, 0.25) is 0 Å². The van der Waals surface area contributed by atoms with Gasteiger partial charge in [-0.1, -0.05) is 0 Å². The first-order chi connectivity index (χ1) is 4.61. The lowest BCUT2D eigenvalue weighted by Gasteiger charge is -2.36. The minimum Gasteiger partial charge on any atom is -0.375 e. The summed E-state index contributed by atoms with van der Waals surface area (Å²) >= 11 is 4.48. The van der Waals surface area contributed by atoms with Crippen molar-refractivity contribution in [3.8, 4) is 0 Å². The summed E-state index contributed by atoms with van der Waals surface area (Å²) in [6, 6.07) is 0. The Hall–Kier alpha value is 0.620. The van der Waals surface area contributed by atoms with Crippen LogP contribution >= 0.6 is 20.7 Å². The van der Waals surface area contributed by atoms with Crippen molar-refractivity contribution in [2.75, 3.05) is 32.3 Å². The Kier molecular flexibility index (Phi) is 2.91. The molecule has 0 aromatic heterocycles. The molecule has 0 bridgehead atoms. The van der Waals surface area contributed by atoms with Crippen molar-refractivity contribution in [1.82, 2.24) is 0 Å². The van der Waals surface area contributed by atoms with Gasteiger partial charge in [-0.2, -0.15) is 9.06 Å². The maximum Gasteiger partial charge on any atom is 0.119 e. The lowest BCUT2D eigenvalue weighted by molar-refractivity contribution is -0.0507. The minimum absolute atomic E-state index is 0.226. The van der Waals surface area contributed by atoms with Gasteiger partial charge in [0.05, 0.1) is 19.8 Å². The van der Waals surface area contributed by atoms with E-state index in [1.54, 1.807) is 0 Å². The van der Waals surface area contributed by atoms with Crippen molar-refractivity contribution in [1.29, 1.82) is 0 Å². The van der Waals surface area contributed by atoms with Gasteiger partial charge >= 0.3 is 0 Å². The molecule has 10 heavy (non-hydrogen) atoms. The molecule has 1 saturated heterocycles. The van der Waals surface area contributed by atoms with Gasteiger partial charge in [-0.15, -0.1) is 11.7 Å². The van der Waals surface area contributed by atoms with Crippen LogP contribution in [0.3, 0.4) is 0 Å². The van der Waals surface area contributed by atoms with Crippen LogP contribution in [0.1, 0.15) is 0 Å². The van der Waals surface area contributed by atoms with Crippen LogP contribution in [-0.4, -0.2) is 37.8 Å². The fourth-order valence-electron chi connectivity index (χ4n) is 0.799. The highest BCUT2D eigenvalue weighted by molar-refractivity contribution is 8.87. The van der Waals surface area contributed by atoms with Crippen molar-refractivity contribution in [2.45, 2.75) is 5.44 Å². The first kappa shape index (κ1) is 8.71. The highest BCUT2D eigenvalue weighted by Crippen LogP contribution is 2.50. The van der Waals surface area contributed by atoms with Crippen LogP contribution in [0, 0.1) is 0 Å². The molecule has 1 atom stereocenters. The summed E-state index contributed by atoms with van der Waals surface area (Å²) in [5.41, 5.74) is 0.226. The highest BCUT2D eigenvalue weighted by Gasteiger charge is 2.24. The van der Waals surface area contributed by atoms with Gasteiger partial charge in [0, 0.05) is 0 Å². The van der Waals surface area contributed by atoms with E-state index in [4.69, 9.17) is 9.47 Å². The molecule has 0 spiro atoms. The molecule has 1 aliphatic heterocycles. The van der Waals surface area contributed by atoms with Crippen molar-refractivity contribution in [3.63, 3.8) is 0 Å². The minimum atomic E-state index is -0.879. The molecule has 4 heteroatoms. The third-order valence-electron chi connectivity index (χ3n) is 1.43. The summed E-state index contributed by atoms with van der Waals surface area (Å²) in [5.74, 6) is 0. The SMILES string of the molecule is CS(C)(S)C1COCCO1. The zero-order chi connectivity index (χ0) is 7.61. The quantitative estimate of drug-likeness (QED) is 0.486. The molecule has 62 valence electrons. The van der Waals surface area contributed by atoms with Gasteiger partial charge in [-0.3, -0.25) is 0 Å². The molecule has 1 rings (SSSR count). The number of thiol groups is 1. The van der Waals surface area contributed by atoms with Crippen LogP contribution in [0.5, 0.6) is 0 Å². The van der Waals surface area contributed by atoms with Gasteiger partial charge < -0.3 is 9.47 Å². The van der Waals surface area contributed by atoms with Crippen LogP contribution in [0.25, 0.3) is 0 Å². The number of ether oxygens (including phenoxy) is 2. The van der Waals surface area contributed by atoms with Crippen LogP contribution in [0.2, 0.25) is 0 Å². The molecule has 1 heterocycles. The van der Waals surface area contributed by atoms with Crippen LogP contribution < -0.4 is 0 Å². The number of rotatable bonds is 1. The third kappa shape index (κ3) is 2.34. The standard InChI is InChI=1S/C6H14O2S2/c1-10(2,9)6-5-7-3-4-8-6/h6,9H,3-5H2,1-2H3. The van der Waals surface area contributed by atoms with E-state index in [0.29, 0.717) is 6.61 Å². The molecule has 0 radical (unpaired) electrons.